The summed E-state index contributed by atoms with van der Waals surface area (Å²) in [6, 6.07) is 0. The first kappa shape index (κ1) is 84.7. The van der Waals surface area contributed by atoms with Crippen LogP contribution in [0.1, 0.15) is 309 Å². The third-order valence-corrected chi connectivity index (χ3v) is 15.4. The van der Waals surface area contributed by atoms with Crippen molar-refractivity contribution in [3.8, 4) is 0 Å². The molecule has 0 rings (SSSR count). The Hall–Kier alpha value is -5.26. The number of allylic oxidation sites excluding steroid dienone is 32. The second kappa shape index (κ2) is 78.0. The molecule has 0 saturated heterocycles. The van der Waals surface area contributed by atoms with Crippen molar-refractivity contribution >= 4 is 11.9 Å². The highest BCUT2D eigenvalue weighted by atomic mass is 16.6. The zero-order chi connectivity index (χ0) is 64.7. The first-order chi connectivity index (χ1) is 44.6. The van der Waals surface area contributed by atoms with Gasteiger partial charge in [0.1, 0.15) is 6.61 Å². The summed E-state index contributed by atoms with van der Waals surface area (Å²) in [4.78, 5) is 24.7. The van der Waals surface area contributed by atoms with Crippen molar-refractivity contribution in [3.63, 3.8) is 0 Å². The molecule has 1 atom stereocenters. The van der Waals surface area contributed by atoms with E-state index in [-0.39, 0.29) is 25.2 Å². The van der Waals surface area contributed by atoms with Gasteiger partial charge in [0.05, 0.1) is 6.61 Å². The second-order valence-electron chi connectivity index (χ2n) is 23.9. The van der Waals surface area contributed by atoms with E-state index in [2.05, 4.69) is 208 Å². The van der Waals surface area contributed by atoms with E-state index in [0.717, 1.165) is 141 Å². The fourth-order valence-corrected chi connectivity index (χ4v) is 9.94. The molecule has 0 aromatic rings. The van der Waals surface area contributed by atoms with Gasteiger partial charge in [-0.3, -0.25) is 9.59 Å². The van der Waals surface area contributed by atoms with Crippen molar-refractivity contribution in [1.29, 1.82) is 0 Å². The Bertz CT molecular complexity index is 2040. The summed E-state index contributed by atoms with van der Waals surface area (Å²) in [5, 5.41) is 9.72. The fourth-order valence-electron chi connectivity index (χ4n) is 9.94. The molecular formula is C85H136O5. The van der Waals surface area contributed by atoms with Crippen molar-refractivity contribution in [1.82, 2.24) is 0 Å². The fraction of sp³-hybridized carbons (Fsp3) is 0.600. The summed E-state index contributed by atoms with van der Waals surface area (Å²) < 4.78 is 10.8. The first-order valence-electron chi connectivity index (χ1n) is 37.0. The smallest absolute Gasteiger partial charge is 0.306 e. The molecule has 5 heteroatoms. The van der Waals surface area contributed by atoms with Gasteiger partial charge in [-0.15, -0.1) is 0 Å². The maximum absolute atomic E-state index is 12.4. The molecule has 0 spiro atoms. The number of hydrogen-bond acceptors (Lipinski definition) is 5. The van der Waals surface area contributed by atoms with Gasteiger partial charge in [0.2, 0.25) is 0 Å². The lowest BCUT2D eigenvalue weighted by molar-refractivity contribution is -0.161. The highest BCUT2D eigenvalue weighted by Gasteiger charge is 2.16. The van der Waals surface area contributed by atoms with Gasteiger partial charge in [0.25, 0.3) is 0 Å². The summed E-state index contributed by atoms with van der Waals surface area (Å²) in [5.41, 5.74) is 0. The number of carbonyl (C=O) groups is 2. The van der Waals surface area contributed by atoms with Crippen molar-refractivity contribution < 1.29 is 24.2 Å². The molecule has 5 nitrogen and oxygen atoms in total. The van der Waals surface area contributed by atoms with Crippen LogP contribution in [-0.2, 0) is 19.1 Å². The number of aliphatic hydroxyl groups is 1. The van der Waals surface area contributed by atoms with E-state index >= 15 is 0 Å². The largest absolute Gasteiger partial charge is 0.462 e. The van der Waals surface area contributed by atoms with E-state index in [1.54, 1.807) is 0 Å². The number of rotatable bonds is 66. The van der Waals surface area contributed by atoms with E-state index in [1.165, 1.54) is 141 Å². The molecule has 506 valence electrons. The Labute approximate surface area is 556 Å². The SMILES string of the molecule is CC/C=C\C/C=C\C/C=C\C/C=C\C/C=C\C/C=C\C/C=C\C/C=C\C/C=C\C/C=C\CCCCCCCCCCCCC(=O)OC(CO)COC(=O)CCCCCCCCCCCCCCCCCC/C=C\C/C=C\C/C=C\C/C=C\C/C=C\C/C=C\CC. The Morgan fingerprint density at radius 1 is 0.256 bits per heavy atom. The molecule has 0 amide bonds. The summed E-state index contributed by atoms with van der Waals surface area (Å²) in [6.07, 6.45) is 123. The first-order valence-corrected chi connectivity index (χ1v) is 37.0. The minimum atomic E-state index is -0.788. The van der Waals surface area contributed by atoms with Gasteiger partial charge in [0, 0.05) is 12.8 Å². The number of ether oxygens (including phenoxy) is 2. The Morgan fingerprint density at radius 2 is 0.444 bits per heavy atom. The standard InChI is InChI=1S/C85H136O5/c1-3-5-7-9-11-13-15-17-19-21-23-25-27-29-31-33-35-37-39-40-41-42-43-44-46-48-50-52-54-56-58-60-62-64-66-68-70-72-74-76-78-80-85(88)90-83(81-86)82-89-84(87)79-77-75-73-71-69-67-65-63-61-59-57-55-53-51-49-47-45-38-36-34-32-30-28-26-24-22-20-18-16-14-12-10-8-6-4-2/h5-8,11-14,17-20,23-26,29-32,35-38,40-41,43-44,48,50,54,56,83,86H,3-4,9-10,15-16,21-22,27-28,33-34,39,42,45-47,49,51-53,55,57-82H2,1-2H3/b7-5-,8-6-,13-11-,14-12-,19-17-,20-18-,25-23-,26-24-,31-29-,32-30-,37-35-,38-36-,41-40-,44-43-,50-48-,56-54-. The average molecular weight is 1240 g/mol. The summed E-state index contributed by atoms with van der Waals surface area (Å²) in [7, 11) is 0. The topological polar surface area (TPSA) is 72.8 Å². The zero-order valence-electron chi connectivity index (χ0n) is 58.1. The molecule has 0 aromatic heterocycles. The predicted molar refractivity (Wildman–Crippen MR) is 398 cm³/mol. The van der Waals surface area contributed by atoms with Crippen LogP contribution in [-0.4, -0.2) is 36.4 Å². The summed E-state index contributed by atoms with van der Waals surface area (Å²) in [6.45, 7) is 3.92. The molecule has 0 aliphatic heterocycles. The molecule has 0 aliphatic carbocycles. The minimum Gasteiger partial charge on any atom is -0.462 e. The van der Waals surface area contributed by atoms with E-state index in [1.807, 2.05) is 0 Å². The number of carbonyl (C=O) groups excluding carboxylic acids is 2. The van der Waals surface area contributed by atoms with Crippen molar-refractivity contribution in [2.24, 2.45) is 0 Å². The lowest BCUT2D eigenvalue weighted by atomic mass is 10.0. The predicted octanol–water partition coefficient (Wildman–Crippen LogP) is 26.3. The van der Waals surface area contributed by atoms with E-state index in [4.69, 9.17) is 9.47 Å². The molecule has 0 aromatic carbocycles. The minimum absolute atomic E-state index is 0.0759. The van der Waals surface area contributed by atoms with Gasteiger partial charge in [-0.2, -0.15) is 0 Å². The third-order valence-electron chi connectivity index (χ3n) is 15.4. The molecular weight excluding hydrogens is 1100 g/mol. The van der Waals surface area contributed by atoms with Gasteiger partial charge >= 0.3 is 11.9 Å². The molecule has 0 radical (unpaired) electrons. The highest BCUT2D eigenvalue weighted by Crippen LogP contribution is 2.17. The van der Waals surface area contributed by atoms with Crippen LogP contribution < -0.4 is 0 Å². The number of esters is 2. The second-order valence-corrected chi connectivity index (χ2v) is 23.9. The van der Waals surface area contributed by atoms with Gasteiger partial charge in [-0.1, -0.05) is 350 Å². The Balaban J connectivity index is 3.55. The van der Waals surface area contributed by atoms with Crippen LogP contribution in [0.15, 0.2) is 194 Å². The molecule has 0 saturated carbocycles. The maximum atomic E-state index is 12.4. The normalized spacial score (nSPS) is 13.4. The van der Waals surface area contributed by atoms with Crippen LogP contribution >= 0.6 is 0 Å². The third kappa shape index (κ3) is 75.2. The molecule has 0 aliphatic rings. The molecule has 0 heterocycles. The van der Waals surface area contributed by atoms with E-state index < -0.39 is 6.10 Å². The Kier molecular flexibility index (Phi) is 73.4. The van der Waals surface area contributed by atoms with Crippen LogP contribution in [0, 0.1) is 0 Å². The monoisotopic (exact) mass is 1240 g/mol. The Morgan fingerprint density at radius 3 is 0.667 bits per heavy atom. The number of aliphatic hydroxyl groups excluding tert-OH is 1. The zero-order valence-corrected chi connectivity index (χ0v) is 58.1. The molecule has 0 bridgehead atoms. The summed E-state index contributed by atoms with van der Waals surface area (Å²) >= 11 is 0. The number of unbranched alkanes of at least 4 members (excludes halogenated alkanes) is 26. The van der Waals surface area contributed by atoms with Crippen molar-refractivity contribution in [2.75, 3.05) is 13.2 Å². The van der Waals surface area contributed by atoms with Gasteiger partial charge in [0.15, 0.2) is 6.10 Å². The van der Waals surface area contributed by atoms with Crippen LogP contribution in [0.4, 0.5) is 0 Å². The van der Waals surface area contributed by atoms with Crippen molar-refractivity contribution in [3.05, 3.63) is 194 Å². The van der Waals surface area contributed by atoms with Gasteiger partial charge < -0.3 is 14.6 Å². The van der Waals surface area contributed by atoms with Crippen LogP contribution in [0.3, 0.4) is 0 Å². The number of hydrogen-bond donors (Lipinski definition) is 1. The summed E-state index contributed by atoms with van der Waals surface area (Å²) in [5.74, 6) is -0.598. The van der Waals surface area contributed by atoms with Crippen molar-refractivity contribution in [2.45, 2.75) is 315 Å². The molecule has 90 heavy (non-hydrogen) atoms. The van der Waals surface area contributed by atoms with Crippen LogP contribution in [0.2, 0.25) is 0 Å². The lowest BCUT2D eigenvalue weighted by Gasteiger charge is -2.15. The van der Waals surface area contributed by atoms with E-state index in [9.17, 15) is 14.7 Å². The molecule has 1 N–H and O–H groups in total. The van der Waals surface area contributed by atoms with Gasteiger partial charge in [-0.05, 0) is 141 Å². The average Bonchev–Trinajstić information content (AvgIpc) is 3.60. The lowest BCUT2D eigenvalue weighted by Crippen LogP contribution is -2.28. The highest BCUT2D eigenvalue weighted by molar-refractivity contribution is 5.70. The quantitative estimate of drug-likeness (QED) is 0.0373. The van der Waals surface area contributed by atoms with Gasteiger partial charge in [-0.25, -0.2) is 0 Å². The van der Waals surface area contributed by atoms with Crippen LogP contribution in [0.5, 0.6) is 0 Å². The van der Waals surface area contributed by atoms with E-state index in [0.29, 0.717) is 12.8 Å². The molecule has 1 unspecified atom stereocenters. The van der Waals surface area contributed by atoms with Crippen LogP contribution in [0.25, 0.3) is 0 Å². The maximum Gasteiger partial charge on any atom is 0.306 e. The molecule has 0 fully saturated rings.